The highest BCUT2D eigenvalue weighted by Crippen LogP contribution is 2.17. The van der Waals surface area contributed by atoms with Crippen LogP contribution in [0.15, 0.2) is 70.7 Å². The third-order valence-corrected chi connectivity index (χ3v) is 5.08. The van der Waals surface area contributed by atoms with Gasteiger partial charge in [0, 0.05) is 0 Å². The Bertz CT molecular complexity index is 628. The minimum Gasteiger partial charge on any atom is -0.454 e. The van der Waals surface area contributed by atoms with Crippen LogP contribution < -0.4 is 4.72 Å². The molecule has 0 fully saturated rings. The smallest absolute Gasteiger partial charge is 0.249 e. The van der Waals surface area contributed by atoms with Gasteiger partial charge in [0.2, 0.25) is 16.8 Å². The van der Waals surface area contributed by atoms with E-state index in [4.69, 9.17) is 9.47 Å². The third-order valence-electron chi connectivity index (χ3n) is 2.27. The first-order chi connectivity index (χ1) is 10.0. The second-order valence-corrected chi connectivity index (χ2v) is 6.63. The van der Waals surface area contributed by atoms with Crippen molar-refractivity contribution in [2.75, 3.05) is 13.8 Å². The van der Waals surface area contributed by atoms with Gasteiger partial charge >= 0.3 is 0 Å². The van der Waals surface area contributed by atoms with Crippen LogP contribution in [0.1, 0.15) is 0 Å². The lowest BCUT2D eigenvalue weighted by Gasteiger charge is -1.94. The third kappa shape index (κ3) is 5.22. The predicted octanol–water partition coefficient (Wildman–Crippen LogP) is 2.79. The van der Waals surface area contributed by atoms with E-state index in [-0.39, 0.29) is 6.79 Å². The maximum absolute atomic E-state index is 11.0. The number of hydrogen-bond acceptors (Lipinski definition) is 5. The summed E-state index contributed by atoms with van der Waals surface area (Å²) < 4.78 is 34.7. The minimum atomic E-state index is -3.19. The summed E-state index contributed by atoms with van der Waals surface area (Å²) in [5.41, 5.74) is 0. The number of rotatable bonds is 5. The Morgan fingerprint density at radius 2 is 2.05 bits per heavy atom. The molecule has 2 rings (SSSR count). The molecule has 0 atom stereocenters. The second kappa shape index (κ2) is 8.46. The lowest BCUT2D eigenvalue weighted by molar-refractivity contribution is 0.0778. The predicted molar refractivity (Wildman–Crippen MR) is 84.2 cm³/mol. The lowest BCUT2D eigenvalue weighted by Crippen LogP contribution is -2.16. The van der Waals surface area contributed by atoms with Gasteiger partial charge in [0.1, 0.15) is 4.21 Å². The van der Waals surface area contributed by atoms with E-state index in [1.807, 2.05) is 0 Å². The zero-order valence-corrected chi connectivity index (χ0v) is 13.2. The highest BCUT2D eigenvalue weighted by Gasteiger charge is 2.11. The van der Waals surface area contributed by atoms with Crippen molar-refractivity contribution in [2.45, 2.75) is 4.21 Å². The molecule has 0 aromatic carbocycles. The monoisotopic (exact) mass is 327 g/mol. The van der Waals surface area contributed by atoms with Crippen LogP contribution in [0.2, 0.25) is 0 Å². The van der Waals surface area contributed by atoms with E-state index in [1.165, 1.54) is 18.4 Å². The van der Waals surface area contributed by atoms with Gasteiger partial charge in [-0.2, -0.15) is 0 Å². The molecule has 7 heteroatoms. The van der Waals surface area contributed by atoms with Crippen LogP contribution >= 0.6 is 11.3 Å². The van der Waals surface area contributed by atoms with Crippen LogP contribution in [0.25, 0.3) is 0 Å². The summed E-state index contributed by atoms with van der Waals surface area (Å²) in [5, 5.41) is 1.73. The van der Waals surface area contributed by atoms with Crippen molar-refractivity contribution in [1.82, 2.24) is 4.72 Å². The number of hydrogen-bond donors (Lipinski definition) is 1. The highest BCUT2D eigenvalue weighted by molar-refractivity contribution is 7.91. The van der Waals surface area contributed by atoms with Crippen LogP contribution in [0, 0.1) is 0 Å². The Kier molecular flexibility index (Phi) is 6.93. The molecular formula is C14H17NO4S2. The Morgan fingerprint density at radius 1 is 1.33 bits per heavy atom. The van der Waals surface area contributed by atoms with Gasteiger partial charge in [-0.3, -0.25) is 0 Å². The normalized spacial score (nSPS) is 14.1. The summed E-state index contributed by atoms with van der Waals surface area (Å²) in [6, 6.07) is 3.27. The first kappa shape index (κ1) is 17.2. The van der Waals surface area contributed by atoms with Gasteiger partial charge in [0.05, 0.1) is 0 Å². The van der Waals surface area contributed by atoms with Gasteiger partial charge in [-0.15, -0.1) is 11.3 Å². The maximum atomic E-state index is 11.0. The van der Waals surface area contributed by atoms with Crippen LogP contribution in [0.5, 0.6) is 0 Å². The lowest BCUT2D eigenvalue weighted by atomic mass is 10.3. The maximum Gasteiger partial charge on any atom is 0.249 e. The minimum absolute atomic E-state index is 0.276. The molecule has 21 heavy (non-hydrogen) atoms. The summed E-state index contributed by atoms with van der Waals surface area (Å²) in [6.07, 6.45) is 6.87. The first-order valence-corrected chi connectivity index (χ1v) is 8.30. The fourth-order valence-corrected chi connectivity index (χ4v) is 3.09. The van der Waals surface area contributed by atoms with E-state index < -0.39 is 10.0 Å². The van der Waals surface area contributed by atoms with Gasteiger partial charge in [0.15, 0.2) is 11.5 Å². The molecular weight excluding hydrogens is 310 g/mol. The van der Waals surface area contributed by atoms with Crippen molar-refractivity contribution >= 4 is 21.4 Å². The van der Waals surface area contributed by atoms with E-state index in [2.05, 4.69) is 17.9 Å². The summed E-state index contributed by atoms with van der Waals surface area (Å²) in [6.45, 7) is 7.40. The molecule has 0 amide bonds. The van der Waals surface area contributed by atoms with Crippen molar-refractivity contribution in [3.63, 3.8) is 0 Å². The fraction of sp³-hybridized carbons (Fsp3) is 0.143. The van der Waals surface area contributed by atoms with E-state index in [0.717, 1.165) is 0 Å². The molecule has 0 saturated heterocycles. The number of thiophene rings is 1. The summed E-state index contributed by atoms with van der Waals surface area (Å²) >= 11 is 1.20. The van der Waals surface area contributed by atoms with Crippen LogP contribution in [-0.4, -0.2) is 22.3 Å². The zero-order chi connectivity index (χ0) is 15.7. The molecule has 1 aromatic heterocycles. The molecule has 0 bridgehead atoms. The van der Waals surface area contributed by atoms with E-state index in [0.29, 0.717) is 15.7 Å². The Hall–Kier alpha value is -1.83. The number of ether oxygens (including phenoxy) is 2. The molecule has 0 aliphatic carbocycles. The van der Waals surface area contributed by atoms with Crippen LogP contribution in [0.4, 0.5) is 0 Å². The number of nitrogens with one attached hydrogen (secondary N) is 1. The SMILES string of the molecule is C=C/C=C\C1=C(C=C)OCO1.CNS(=O)(=O)c1cccs1. The van der Waals surface area contributed by atoms with E-state index in [9.17, 15) is 8.42 Å². The Balaban J connectivity index is 0.000000211. The number of allylic oxidation sites excluding steroid dienone is 4. The molecule has 1 N–H and O–H groups in total. The van der Waals surface area contributed by atoms with E-state index in [1.54, 1.807) is 41.8 Å². The van der Waals surface area contributed by atoms with Gasteiger partial charge in [-0.05, 0) is 30.6 Å². The molecule has 1 aliphatic heterocycles. The Labute approximate surface area is 129 Å². The van der Waals surface area contributed by atoms with Gasteiger partial charge < -0.3 is 9.47 Å². The van der Waals surface area contributed by atoms with Crippen molar-refractivity contribution in [1.29, 1.82) is 0 Å². The molecule has 114 valence electrons. The molecule has 0 spiro atoms. The highest BCUT2D eigenvalue weighted by atomic mass is 32.2. The molecule has 0 radical (unpaired) electrons. The fourth-order valence-electron chi connectivity index (χ4n) is 1.26. The second-order valence-electron chi connectivity index (χ2n) is 3.57. The summed E-state index contributed by atoms with van der Waals surface area (Å²) in [7, 11) is -1.79. The molecule has 1 aliphatic rings. The molecule has 0 unspecified atom stereocenters. The van der Waals surface area contributed by atoms with E-state index >= 15 is 0 Å². The van der Waals surface area contributed by atoms with Crippen LogP contribution in [0.3, 0.4) is 0 Å². The summed E-state index contributed by atoms with van der Waals surface area (Å²) in [5.74, 6) is 1.39. The standard InChI is InChI=1S/C9H10O2.C5H7NO2S2/c1-3-5-6-9-8(4-2)10-7-11-9;1-6-10(7,8)5-3-2-4-9-5/h3-6H,1-2,7H2;2-4,6H,1H3/b6-5-;. The van der Waals surface area contributed by atoms with Crippen molar-refractivity contribution in [2.24, 2.45) is 0 Å². The topological polar surface area (TPSA) is 64.6 Å². The van der Waals surface area contributed by atoms with Gasteiger partial charge in [-0.1, -0.05) is 31.4 Å². The Morgan fingerprint density at radius 3 is 2.57 bits per heavy atom. The molecule has 5 nitrogen and oxygen atoms in total. The average molecular weight is 327 g/mol. The zero-order valence-electron chi connectivity index (χ0n) is 11.6. The van der Waals surface area contributed by atoms with Crippen LogP contribution in [-0.2, 0) is 19.5 Å². The first-order valence-electron chi connectivity index (χ1n) is 5.93. The van der Waals surface area contributed by atoms with Crippen molar-refractivity contribution in [3.8, 4) is 0 Å². The quantitative estimate of drug-likeness (QED) is 0.845. The van der Waals surface area contributed by atoms with Gasteiger partial charge in [0.25, 0.3) is 0 Å². The molecule has 2 heterocycles. The average Bonchev–Trinajstić information content (AvgIpc) is 3.16. The molecule has 0 saturated carbocycles. The van der Waals surface area contributed by atoms with Gasteiger partial charge in [-0.25, -0.2) is 13.1 Å². The van der Waals surface area contributed by atoms with Crippen molar-refractivity contribution < 1.29 is 17.9 Å². The largest absolute Gasteiger partial charge is 0.454 e. The van der Waals surface area contributed by atoms with Crippen molar-refractivity contribution in [3.05, 3.63) is 66.5 Å². The summed E-state index contributed by atoms with van der Waals surface area (Å²) in [4.78, 5) is 0. The number of sulfonamides is 1. The molecule has 1 aromatic rings.